The zero-order valence-corrected chi connectivity index (χ0v) is 48.3. The van der Waals surface area contributed by atoms with Crippen molar-refractivity contribution in [3.05, 3.63) is 132 Å². The molecular weight excluding hydrogens is 1140 g/mol. The van der Waals surface area contributed by atoms with E-state index in [4.69, 9.17) is 30.6 Å². The van der Waals surface area contributed by atoms with Crippen LogP contribution in [0.1, 0.15) is 89.2 Å². The third-order valence-corrected chi connectivity index (χ3v) is 12.9. The molecule has 0 unspecified atom stereocenters. The summed E-state index contributed by atoms with van der Waals surface area (Å²) < 4.78 is 24.5. The van der Waals surface area contributed by atoms with Crippen LogP contribution in [0, 0.1) is 85.6 Å². The van der Waals surface area contributed by atoms with Crippen LogP contribution in [0.15, 0.2) is 121 Å². The van der Waals surface area contributed by atoms with Crippen LogP contribution >= 0.6 is 0 Å². The number of terminal acetylenes is 1. The fourth-order valence-electron chi connectivity index (χ4n) is 9.03. The molecule has 0 radical (unpaired) electrons. The molecular formula is C68H58O20. The first-order chi connectivity index (χ1) is 43.2. The second kappa shape index (κ2) is 36.9. The molecule has 0 aliphatic carbocycles. The Morgan fingerprint density at radius 2 is 0.920 bits per heavy atom. The van der Waals surface area contributed by atoms with E-state index < -0.39 is 11.9 Å². The molecule has 0 spiro atoms. The SMILES string of the molecule is C#CC#CC#COc1cc(C)ccc1-c1ccc(-c2ccc3c(-c4ccc(OC(=O)C#CC#CC#CC(=O)OOOOOOOOOOOOOO)cc4)c4cc(C)ccc4c(-c4ccc(OCCCCCCCC)cc4)c3c2)cc1OCCCCCC. The Balaban J connectivity index is 1.16. The van der Waals surface area contributed by atoms with E-state index in [1.165, 1.54) is 25.7 Å². The van der Waals surface area contributed by atoms with Gasteiger partial charge in [-0.2, -0.15) is 0 Å². The number of rotatable bonds is 32. The minimum atomic E-state index is -1.30. The van der Waals surface area contributed by atoms with Crippen LogP contribution in [0.5, 0.6) is 23.0 Å². The highest BCUT2D eigenvalue weighted by Gasteiger charge is 2.20. The number of esters is 1. The monoisotopic (exact) mass is 1190 g/mol. The minimum absolute atomic E-state index is 0.235. The molecule has 0 aliphatic rings. The summed E-state index contributed by atoms with van der Waals surface area (Å²) in [7, 11) is 0. The Morgan fingerprint density at radius 3 is 1.58 bits per heavy atom. The lowest BCUT2D eigenvalue weighted by molar-refractivity contribution is -0.874. The van der Waals surface area contributed by atoms with Gasteiger partial charge in [-0.3, -0.25) is 4.89 Å². The molecule has 0 saturated carbocycles. The van der Waals surface area contributed by atoms with Gasteiger partial charge in [-0.05, 0) is 201 Å². The van der Waals surface area contributed by atoms with E-state index in [0.717, 1.165) is 121 Å². The van der Waals surface area contributed by atoms with E-state index >= 15 is 0 Å². The lowest BCUT2D eigenvalue weighted by Crippen LogP contribution is -2.06. The molecule has 7 aromatic carbocycles. The lowest BCUT2D eigenvalue weighted by atomic mass is 9.84. The largest absolute Gasteiger partial charge is 0.494 e. The summed E-state index contributed by atoms with van der Waals surface area (Å²) in [4.78, 5) is 28.5. The fourth-order valence-corrected chi connectivity index (χ4v) is 9.03. The maximum Gasteiger partial charge on any atom is 0.421 e. The van der Waals surface area contributed by atoms with E-state index in [2.05, 4.69) is 212 Å². The van der Waals surface area contributed by atoms with Crippen molar-refractivity contribution in [2.75, 3.05) is 13.2 Å². The normalized spacial score (nSPS) is 10.4. The van der Waals surface area contributed by atoms with Crippen molar-refractivity contribution < 1.29 is 99.1 Å². The number of aryl methyl sites for hydroxylation is 2. The highest BCUT2D eigenvalue weighted by atomic mass is 18.0. The molecule has 0 saturated heterocycles. The first-order valence-corrected chi connectivity index (χ1v) is 27.6. The Morgan fingerprint density at radius 1 is 0.432 bits per heavy atom. The molecule has 20 nitrogen and oxygen atoms in total. The van der Waals surface area contributed by atoms with Crippen molar-refractivity contribution in [1.82, 2.24) is 0 Å². The molecule has 7 rings (SSSR count). The Hall–Kier alpha value is -9.76. The number of carbonyl (C=O) groups excluding carboxylic acids is 2. The Labute approximate surface area is 507 Å². The van der Waals surface area contributed by atoms with Crippen LogP contribution in [0.25, 0.3) is 66.1 Å². The third kappa shape index (κ3) is 20.7. The summed E-state index contributed by atoms with van der Waals surface area (Å²) in [6.45, 7) is 9.66. The summed E-state index contributed by atoms with van der Waals surface area (Å²) in [5.74, 6) is 23.3. The number of benzene rings is 7. The lowest BCUT2D eigenvalue weighted by Gasteiger charge is -2.20. The summed E-state index contributed by atoms with van der Waals surface area (Å²) >= 11 is 0. The van der Waals surface area contributed by atoms with E-state index in [1.807, 2.05) is 55.3 Å². The summed E-state index contributed by atoms with van der Waals surface area (Å²) in [6.07, 6.45) is 19.2. The van der Waals surface area contributed by atoms with Crippen LogP contribution in [-0.2, 0) is 74.9 Å². The van der Waals surface area contributed by atoms with Gasteiger partial charge in [0.1, 0.15) is 29.1 Å². The molecule has 0 aliphatic heterocycles. The van der Waals surface area contributed by atoms with E-state index in [9.17, 15) is 9.59 Å². The van der Waals surface area contributed by atoms with Crippen LogP contribution in [-0.4, -0.2) is 30.4 Å². The van der Waals surface area contributed by atoms with Crippen molar-refractivity contribution >= 4 is 33.5 Å². The average Bonchev–Trinajstić information content (AvgIpc) is 0.792. The van der Waals surface area contributed by atoms with Gasteiger partial charge in [-0.1, -0.05) is 144 Å². The molecule has 0 amide bonds. The maximum absolute atomic E-state index is 12.8. The quantitative estimate of drug-likeness (QED) is 0.00607. The topological polar surface area (TPSA) is 211 Å². The first kappa shape index (κ1) is 65.8. The van der Waals surface area contributed by atoms with Gasteiger partial charge in [-0.15, -0.1) is 6.42 Å². The van der Waals surface area contributed by atoms with Gasteiger partial charge in [0.25, 0.3) is 0 Å². The predicted octanol–water partition coefficient (Wildman–Crippen LogP) is 14.1. The molecule has 88 heavy (non-hydrogen) atoms. The van der Waals surface area contributed by atoms with Gasteiger partial charge >= 0.3 is 11.9 Å². The molecule has 20 heteroatoms. The van der Waals surface area contributed by atoms with E-state index in [-0.39, 0.29) is 5.75 Å². The Kier molecular flexibility index (Phi) is 27.6. The van der Waals surface area contributed by atoms with E-state index in [0.29, 0.717) is 24.7 Å². The van der Waals surface area contributed by atoms with Gasteiger partial charge in [0.2, 0.25) is 0 Å². The summed E-state index contributed by atoms with van der Waals surface area (Å²) in [5, 5.41) is 54.7. The summed E-state index contributed by atoms with van der Waals surface area (Å²) in [5.41, 5.74) is 9.59. The van der Waals surface area contributed by atoms with Crippen LogP contribution in [0.4, 0.5) is 0 Å². The molecule has 450 valence electrons. The zero-order chi connectivity index (χ0) is 62.0. The Bertz CT molecular complexity index is 3850. The van der Waals surface area contributed by atoms with Crippen LogP contribution < -0.4 is 18.9 Å². The van der Waals surface area contributed by atoms with Gasteiger partial charge in [-0.25, -0.2) is 14.8 Å². The highest BCUT2D eigenvalue weighted by molar-refractivity contribution is 6.22. The van der Waals surface area contributed by atoms with Crippen molar-refractivity contribution in [2.45, 2.75) is 91.9 Å². The number of carbonyl (C=O) groups is 2. The zero-order valence-electron chi connectivity index (χ0n) is 48.3. The van der Waals surface area contributed by atoms with Gasteiger partial charge in [0.15, 0.2) is 0 Å². The third-order valence-electron chi connectivity index (χ3n) is 12.9. The van der Waals surface area contributed by atoms with E-state index in [1.54, 1.807) is 12.1 Å². The number of hydrogen-bond donors (Lipinski definition) is 1. The molecule has 0 fully saturated rings. The summed E-state index contributed by atoms with van der Waals surface area (Å²) in [6, 6.07) is 40.9. The molecule has 0 bridgehead atoms. The number of fused-ring (bicyclic) bond motifs is 2. The average molecular weight is 1200 g/mol. The van der Waals surface area contributed by atoms with Crippen molar-refractivity contribution in [3.63, 3.8) is 0 Å². The van der Waals surface area contributed by atoms with Gasteiger partial charge < -0.3 is 18.9 Å². The molecule has 0 aromatic heterocycles. The first-order valence-electron chi connectivity index (χ1n) is 27.6. The smallest absolute Gasteiger partial charge is 0.421 e. The van der Waals surface area contributed by atoms with Crippen molar-refractivity contribution in [1.29, 1.82) is 0 Å². The molecule has 7 aromatic rings. The standard InChI is InChI=1S/C68H58O20/c1-6-9-12-15-18-23-42-72-55-34-28-51(29-35-55)68-59-39-27-49(4)45-61(59)67(52-30-36-56(37-31-52)75-65(69)24-19-16-17-20-25-66(70)76-78-80-82-84-86-88-87-85-83-81-79-77-71)60-41-33-53(47-62(60)68)54-32-40-58(64(48-54)74-44-22-14-11-8-3)57-38-26-50(5)46-63(57)73-43-21-13-10-7-2/h2,26-41,45-48,71H,6,8-9,11-12,14-15,18,22-23,42,44H2,1,3-5H3. The van der Waals surface area contributed by atoms with Crippen molar-refractivity contribution in [2.24, 2.45) is 0 Å². The highest BCUT2D eigenvalue weighted by Crippen LogP contribution is 2.47. The van der Waals surface area contributed by atoms with Gasteiger partial charge in [0, 0.05) is 65.0 Å². The van der Waals surface area contributed by atoms with Crippen LogP contribution in [0.3, 0.4) is 0 Å². The fraction of sp³-hybridized carbons (Fsp3) is 0.235. The second-order valence-corrected chi connectivity index (χ2v) is 18.9. The predicted molar refractivity (Wildman–Crippen MR) is 317 cm³/mol. The number of ether oxygens (including phenoxy) is 4. The number of unbranched alkanes of at least 4 members (excludes halogenated alkanes) is 8. The van der Waals surface area contributed by atoms with Crippen LogP contribution in [0.2, 0.25) is 0 Å². The molecule has 0 heterocycles. The molecule has 0 atom stereocenters. The maximum atomic E-state index is 12.8. The minimum Gasteiger partial charge on any atom is -0.494 e. The number of hydrogen-bond acceptors (Lipinski definition) is 20. The molecule has 1 N–H and O–H groups in total. The van der Waals surface area contributed by atoms with Crippen molar-refractivity contribution in [3.8, 4) is 139 Å². The van der Waals surface area contributed by atoms with Gasteiger partial charge in [0.05, 0.1) is 13.2 Å². The second-order valence-electron chi connectivity index (χ2n) is 18.9.